The largest absolute Gasteiger partial charge is 0.497 e. The Morgan fingerprint density at radius 1 is 0.778 bits per heavy atom. The molecule has 36 heavy (non-hydrogen) atoms. The van der Waals surface area contributed by atoms with Crippen LogP contribution in [0.4, 0.5) is 0 Å². The van der Waals surface area contributed by atoms with Crippen LogP contribution in [0.25, 0.3) is 0 Å². The molecule has 0 bridgehead atoms. The minimum Gasteiger partial charge on any atom is -0.497 e. The topological polar surface area (TPSA) is 125 Å². The van der Waals surface area contributed by atoms with Gasteiger partial charge in [-0.1, -0.05) is 0 Å². The van der Waals surface area contributed by atoms with Crippen molar-refractivity contribution in [1.82, 2.24) is 10.7 Å². The SMILES string of the molecule is COc1ccc(C(=O)Oc2ccc(/C=N\NC(=O)CNC(=O)c3ccc(OC)c(OC)c3)cc2)cc1. The highest BCUT2D eigenvalue weighted by Gasteiger charge is 2.12. The smallest absolute Gasteiger partial charge is 0.343 e. The summed E-state index contributed by atoms with van der Waals surface area (Å²) in [5, 5.41) is 6.37. The average molecular weight is 492 g/mol. The third-order valence-corrected chi connectivity index (χ3v) is 4.87. The monoisotopic (exact) mass is 491 g/mol. The van der Waals surface area contributed by atoms with Crippen molar-refractivity contribution in [3.8, 4) is 23.0 Å². The lowest BCUT2D eigenvalue weighted by molar-refractivity contribution is -0.120. The van der Waals surface area contributed by atoms with Gasteiger partial charge in [0.1, 0.15) is 11.5 Å². The Morgan fingerprint density at radius 3 is 2.06 bits per heavy atom. The molecule has 0 atom stereocenters. The Balaban J connectivity index is 1.45. The number of hydrazone groups is 1. The molecule has 10 heteroatoms. The maximum absolute atomic E-state index is 12.3. The van der Waals surface area contributed by atoms with Crippen molar-refractivity contribution in [3.05, 3.63) is 83.4 Å². The number of ether oxygens (including phenoxy) is 4. The number of amides is 2. The Bertz CT molecular complexity index is 1240. The lowest BCUT2D eigenvalue weighted by atomic mass is 10.2. The van der Waals surface area contributed by atoms with Crippen molar-refractivity contribution < 1.29 is 33.3 Å². The molecule has 0 heterocycles. The van der Waals surface area contributed by atoms with Crippen LogP contribution in [-0.4, -0.2) is 51.9 Å². The maximum atomic E-state index is 12.3. The number of esters is 1. The molecule has 3 aromatic rings. The van der Waals surface area contributed by atoms with Gasteiger partial charge >= 0.3 is 5.97 Å². The Kier molecular flexibility index (Phi) is 8.99. The molecular weight excluding hydrogens is 466 g/mol. The van der Waals surface area contributed by atoms with E-state index in [-0.39, 0.29) is 6.54 Å². The molecule has 0 unspecified atom stereocenters. The predicted molar refractivity (Wildman–Crippen MR) is 132 cm³/mol. The zero-order valence-corrected chi connectivity index (χ0v) is 19.9. The van der Waals surface area contributed by atoms with Crippen LogP contribution in [-0.2, 0) is 4.79 Å². The van der Waals surface area contributed by atoms with E-state index in [1.807, 2.05) is 0 Å². The molecule has 3 aromatic carbocycles. The maximum Gasteiger partial charge on any atom is 0.343 e. The number of carbonyl (C=O) groups excluding carboxylic acids is 3. The summed E-state index contributed by atoms with van der Waals surface area (Å²) in [5.41, 5.74) is 3.70. The lowest BCUT2D eigenvalue weighted by Crippen LogP contribution is -2.34. The summed E-state index contributed by atoms with van der Waals surface area (Å²) in [6.07, 6.45) is 1.42. The fraction of sp³-hybridized carbons (Fsp3) is 0.154. The van der Waals surface area contributed by atoms with Crippen LogP contribution in [0.3, 0.4) is 0 Å². The molecule has 0 radical (unpaired) electrons. The summed E-state index contributed by atoms with van der Waals surface area (Å²) in [4.78, 5) is 36.5. The molecule has 0 fully saturated rings. The molecule has 3 rings (SSSR count). The van der Waals surface area contributed by atoms with E-state index >= 15 is 0 Å². The zero-order valence-electron chi connectivity index (χ0n) is 19.9. The number of methoxy groups -OCH3 is 3. The van der Waals surface area contributed by atoms with Crippen molar-refractivity contribution in [2.24, 2.45) is 5.10 Å². The minimum atomic E-state index is -0.509. The number of rotatable bonds is 10. The van der Waals surface area contributed by atoms with Gasteiger partial charge in [0.15, 0.2) is 11.5 Å². The first kappa shape index (κ1) is 25.8. The first-order valence-corrected chi connectivity index (χ1v) is 10.7. The van der Waals surface area contributed by atoms with Gasteiger partial charge in [-0.05, 0) is 72.3 Å². The van der Waals surface area contributed by atoms with Gasteiger partial charge in [-0.15, -0.1) is 0 Å². The van der Waals surface area contributed by atoms with Crippen LogP contribution in [0.5, 0.6) is 23.0 Å². The van der Waals surface area contributed by atoms with Crippen molar-refractivity contribution >= 4 is 24.0 Å². The van der Waals surface area contributed by atoms with Crippen molar-refractivity contribution in [1.29, 1.82) is 0 Å². The molecule has 0 spiro atoms. The van der Waals surface area contributed by atoms with Crippen LogP contribution in [0.1, 0.15) is 26.3 Å². The minimum absolute atomic E-state index is 0.273. The zero-order chi connectivity index (χ0) is 25.9. The van der Waals surface area contributed by atoms with Gasteiger partial charge in [-0.3, -0.25) is 9.59 Å². The molecule has 2 N–H and O–H groups in total. The molecule has 186 valence electrons. The van der Waals surface area contributed by atoms with Crippen LogP contribution in [0, 0.1) is 0 Å². The quantitative estimate of drug-likeness (QED) is 0.193. The van der Waals surface area contributed by atoms with Gasteiger partial charge in [0, 0.05) is 5.56 Å². The van der Waals surface area contributed by atoms with Gasteiger partial charge in [-0.25, -0.2) is 10.2 Å². The van der Waals surface area contributed by atoms with Crippen LogP contribution in [0.2, 0.25) is 0 Å². The molecule has 0 saturated heterocycles. The highest BCUT2D eigenvalue weighted by atomic mass is 16.5. The van der Waals surface area contributed by atoms with Gasteiger partial charge in [-0.2, -0.15) is 5.10 Å². The van der Waals surface area contributed by atoms with Crippen LogP contribution < -0.4 is 29.7 Å². The first-order chi connectivity index (χ1) is 17.4. The third-order valence-electron chi connectivity index (χ3n) is 4.87. The van der Waals surface area contributed by atoms with E-state index in [9.17, 15) is 14.4 Å². The number of hydrogen-bond donors (Lipinski definition) is 2. The lowest BCUT2D eigenvalue weighted by Gasteiger charge is -2.09. The van der Waals surface area contributed by atoms with Crippen molar-refractivity contribution in [2.75, 3.05) is 27.9 Å². The molecule has 0 aliphatic heterocycles. The third kappa shape index (κ3) is 7.07. The summed E-state index contributed by atoms with van der Waals surface area (Å²) in [5.74, 6) is 0.434. The normalized spacial score (nSPS) is 10.4. The second-order valence-corrected chi connectivity index (χ2v) is 7.23. The summed E-state index contributed by atoms with van der Waals surface area (Å²) >= 11 is 0. The molecular formula is C26H25N3O7. The number of hydrogen-bond acceptors (Lipinski definition) is 8. The van der Waals surface area contributed by atoms with Gasteiger partial charge in [0.2, 0.25) is 0 Å². The van der Waals surface area contributed by atoms with Crippen LogP contribution in [0.15, 0.2) is 71.8 Å². The molecule has 0 saturated carbocycles. The number of nitrogens with one attached hydrogen (secondary N) is 2. The molecule has 0 aliphatic rings. The highest BCUT2D eigenvalue weighted by molar-refractivity contribution is 5.97. The fourth-order valence-electron chi connectivity index (χ4n) is 2.97. The summed E-state index contributed by atoms with van der Waals surface area (Å²) < 4.78 is 20.7. The molecule has 2 amide bonds. The predicted octanol–water partition coefficient (Wildman–Crippen LogP) is 2.81. The first-order valence-electron chi connectivity index (χ1n) is 10.7. The second-order valence-electron chi connectivity index (χ2n) is 7.23. The molecule has 10 nitrogen and oxygen atoms in total. The van der Waals surface area contributed by atoms with E-state index < -0.39 is 17.8 Å². The van der Waals surface area contributed by atoms with Crippen molar-refractivity contribution in [2.45, 2.75) is 0 Å². The van der Waals surface area contributed by atoms with Gasteiger partial charge in [0.05, 0.1) is 39.7 Å². The highest BCUT2D eigenvalue weighted by Crippen LogP contribution is 2.27. The van der Waals surface area contributed by atoms with Crippen LogP contribution >= 0.6 is 0 Å². The summed E-state index contributed by atoms with van der Waals surface area (Å²) in [7, 11) is 4.51. The van der Waals surface area contributed by atoms with E-state index in [2.05, 4.69) is 15.8 Å². The van der Waals surface area contributed by atoms with Crippen molar-refractivity contribution in [3.63, 3.8) is 0 Å². The Hall–Kier alpha value is -4.86. The van der Waals surface area contributed by atoms with E-state index in [1.165, 1.54) is 26.5 Å². The number of nitrogens with zero attached hydrogens (tertiary/aromatic N) is 1. The summed E-state index contributed by atoms with van der Waals surface area (Å²) in [6, 6.07) is 17.8. The Labute approximate surface area is 207 Å². The molecule has 0 aliphatic carbocycles. The number of benzene rings is 3. The average Bonchev–Trinajstić information content (AvgIpc) is 2.92. The molecule has 0 aromatic heterocycles. The second kappa shape index (κ2) is 12.6. The Morgan fingerprint density at radius 2 is 1.42 bits per heavy atom. The van der Waals surface area contributed by atoms with Gasteiger partial charge in [0.25, 0.3) is 11.8 Å². The number of carbonyl (C=O) groups is 3. The van der Waals surface area contributed by atoms with E-state index in [0.717, 1.165) is 0 Å². The van der Waals surface area contributed by atoms with E-state index in [4.69, 9.17) is 18.9 Å². The summed E-state index contributed by atoms with van der Waals surface area (Å²) in [6.45, 7) is -0.273. The van der Waals surface area contributed by atoms with E-state index in [1.54, 1.807) is 67.8 Å². The standard InChI is InChI=1S/C26H25N3O7/c1-33-20-11-6-18(7-12-20)26(32)36-21-9-4-17(5-10-21)15-28-29-24(30)16-27-25(31)19-8-13-22(34-2)23(14-19)35-3/h4-15H,16H2,1-3H3,(H,27,31)(H,29,30)/b28-15-. The fourth-order valence-corrected chi connectivity index (χ4v) is 2.97. The van der Waals surface area contributed by atoms with E-state index in [0.29, 0.717) is 39.7 Å². The van der Waals surface area contributed by atoms with Gasteiger partial charge < -0.3 is 24.3 Å².